The Balaban J connectivity index is 2.29. The second kappa shape index (κ2) is 5.18. The lowest BCUT2D eigenvalue weighted by Crippen LogP contribution is -2.27. The number of anilines is 2. The molecular weight excluding hydrogens is 294 g/mol. The molecule has 4 nitrogen and oxygen atoms in total. The second-order valence-electron chi connectivity index (χ2n) is 3.79. The third-order valence-electron chi connectivity index (χ3n) is 2.53. The molecule has 2 N–H and O–H groups in total. The van der Waals surface area contributed by atoms with Crippen molar-refractivity contribution in [3.63, 3.8) is 0 Å². The highest BCUT2D eigenvalue weighted by atomic mass is 79.9. The maximum Gasteiger partial charge on any atom is 0.259 e. The van der Waals surface area contributed by atoms with Gasteiger partial charge in [0, 0.05) is 23.3 Å². The molecule has 0 radical (unpaired) electrons. The van der Waals surface area contributed by atoms with Gasteiger partial charge in [0.1, 0.15) is 0 Å². The van der Waals surface area contributed by atoms with Gasteiger partial charge in [-0.3, -0.25) is 9.69 Å². The molecule has 1 aromatic carbocycles. The van der Waals surface area contributed by atoms with E-state index in [0.29, 0.717) is 17.1 Å². The first-order valence-electron chi connectivity index (χ1n) is 5.33. The van der Waals surface area contributed by atoms with E-state index in [4.69, 9.17) is 5.73 Å². The van der Waals surface area contributed by atoms with Gasteiger partial charge in [0.2, 0.25) is 0 Å². The van der Waals surface area contributed by atoms with Crippen LogP contribution >= 0.6 is 15.9 Å². The van der Waals surface area contributed by atoms with E-state index in [9.17, 15) is 4.79 Å². The van der Waals surface area contributed by atoms with E-state index < -0.39 is 0 Å². The first-order valence-corrected chi connectivity index (χ1v) is 6.13. The van der Waals surface area contributed by atoms with E-state index in [1.54, 1.807) is 37.5 Å². The number of amides is 1. The zero-order chi connectivity index (χ0) is 13.1. The number of nitrogens with zero attached hydrogens (tertiary/aromatic N) is 2. The van der Waals surface area contributed by atoms with Gasteiger partial charge < -0.3 is 5.73 Å². The highest BCUT2D eigenvalue weighted by Crippen LogP contribution is 2.20. The summed E-state index contributed by atoms with van der Waals surface area (Å²) in [7, 11) is 1.66. The van der Waals surface area contributed by atoms with Crippen LogP contribution in [0.1, 0.15) is 10.4 Å². The summed E-state index contributed by atoms with van der Waals surface area (Å²) < 4.78 is 0.930. The van der Waals surface area contributed by atoms with Gasteiger partial charge in [0.05, 0.1) is 5.69 Å². The van der Waals surface area contributed by atoms with E-state index in [1.165, 1.54) is 4.90 Å². The Bertz CT molecular complexity index is 569. The Morgan fingerprint density at radius 3 is 2.56 bits per heavy atom. The Labute approximate surface area is 114 Å². The van der Waals surface area contributed by atoms with Crippen LogP contribution in [-0.4, -0.2) is 17.9 Å². The summed E-state index contributed by atoms with van der Waals surface area (Å²) in [6.07, 6.45) is 1.61. The van der Waals surface area contributed by atoms with Crippen molar-refractivity contribution in [2.24, 2.45) is 0 Å². The van der Waals surface area contributed by atoms with E-state index in [0.717, 1.165) is 4.47 Å². The predicted octanol–water partition coefficient (Wildman–Crippen LogP) is 2.70. The van der Waals surface area contributed by atoms with Crippen LogP contribution < -0.4 is 10.6 Å². The lowest BCUT2D eigenvalue weighted by atomic mass is 10.2. The summed E-state index contributed by atoms with van der Waals surface area (Å²) in [6.45, 7) is 0. The molecule has 1 amide bonds. The molecule has 1 aromatic heterocycles. The molecule has 18 heavy (non-hydrogen) atoms. The molecule has 0 unspecified atom stereocenters. The number of rotatable bonds is 2. The lowest BCUT2D eigenvalue weighted by molar-refractivity contribution is 0.0992. The van der Waals surface area contributed by atoms with Gasteiger partial charge in [-0.1, -0.05) is 15.9 Å². The lowest BCUT2D eigenvalue weighted by Gasteiger charge is -2.17. The highest BCUT2D eigenvalue weighted by molar-refractivity contribution is 9.10. The quantitative estimate of drug-likeness (QED) is 0.928. The first kappa shape index (κ1) is 12.6. The summed E-state index contributed by atoms with van der Waals surface area (Å²) in [4.78, 5) is 17.8. The molecule has 0 fully saturated rings. The summed E-state index contributed by atoms with van der Waals surface area (Å²) in [5.74, 6) is 0.318. The summed E-state index contributed by atoms with van der Waals surface area (Å²) in [6, 6.07) is 10.6. The molecule has 0 bridgehead atoms. The van der Waals surface area contributed by atoms with Gasteiger partial charge in [-0.2, -0.15) is 0 Å². The van der Waals surface area contributed by atoms with Crippen molar-refractivity contribution >= 4 is 33.3 Å². The number of benzene rings is 1. The van der Waals surface area contributed by atoms with Crippen molar-refractivity contribution in [2.75, 3.05) is 17.7 Å². The molecule has 1 heterocycles. The van der Waals surface area contributed by atoms with Gasteiger partial charge in [-0.25, -0.2) is 4.98 Å². The predicted molar refractivity (Wildman–Crippen MR) is 75.5 cm³/mol. The number of nitrogens with two attached hydrogens (primary N) is 1. The zero-order valence-corrected chi connectivity index (χ0v) is 11.4. The number of aromatic nitrogens is 1. The monoisotopic (exact) mass is 305 g/mol. The van der Waals surface area contributed by atoms with Crippen LogP contribution in [-0.2, 0) is 0 Å². The van der Waals surface area contributed by atoms with E-state index in [-0.39, 0.29) is 5.91 Å². The fourth-order valence-corrected chi connectivity index (χ4v) is 1.84. The van der Waals surface area contributed by atoms with Crippen molar-refractivity contribution in [2.45, 2.75) is 0 Å². The SMILES string of the molecule is CN(C(=O)c1ccc(Br)cc1)c1ncccc1N. The van der Waals surface area contributed by atoms with Crippen LogP contribution in [0.15, 0.2) is 47.1 Å². The molecule has 0 saturated heterocycles. The maximum absolute atomic E-state index is 12.2. The van der Waals surface area contributed by atoms with E-state index in [1.807, 2.05) is 12.1 Å². The summed E-state index contributed by atoms with van der Waals surface area (Å²) in [5, 5.41) is 0. The fraction of sp³-hybridized carbons (Fsp3) is 0.0769. The molecule has 0 saturated carbocycles. The van der Waals surface area contributed by atoms with Crippen LogP contribution in [0.5, 0.6) is 0 Å². The minimum Gasteiger partial charge on any atom is -0.396 e. The fourth-order valence-electron chi connectivity index (χ4n) is 1.57. The third kappa shape index (κ3) is 2.51. The summed E-state index contributed by atoms with van der Waals surface area (Å²) in [5.41, 5.74) is 6.86. The van der Waals surface area contributed by atoms with Crippen LogP contribution in [0.4, 0.5) is 11.5 Å². The molecule has 92 valence electrons. The molecule has 0 spiro atoms. The molecule has 5 heteroatoms. The Morgan fingerprint density at radius 1 is 1.28 bits per heavy atom. The number of halogens is 1. The van der Waals surface area contributed by atoms with E-state index >= 15 is 0 Å². The minimum atomic E-state index is -0.145. The van der Waals surface area contributed by atoms with Gasteiger partial charge in [0.15, 0.2) is 5.82 Å². The normalized spacial score (nSPS) is 10.1. The molecule has 0 aliphatic heterocycles. The number of pyridine rings is 1. The first-order chi connectivity index (χ1) is 8.59. The highest BCUT2D eigenvalue weighted by Gasteiger charge is 2.16. The average Bonchev–Trinajstić information content (AvgIpc) is 2.38. The number of hydrogen-bond donors (Lipinski definition) is 1. The van der Waals surface area contributed by atoms with Crippen molar-refractivity contribution in [3.05, 3.63) is 52.6 Å². The topological polar surface area (TPSA) is 59.2 Å². The molecule has 2 aromatic rings. The average molecular weight is 306 g/mol. The van der Waals surface area contributed by atoms with Crippen molar-refractivity contribution in [1.82, 2.24) is 4.98 Å². The number of carbonyl (C=O) groups excluding carboxylic acids is 1. The maximum atomic E-state index is 12.2. The number of carbonyl (C=O) groups is 1. The third-order valence-corrected chi connectivity index (χ3v) is 3.06. The van der Waals surface area contributed by atoms with Gasteiger partial charge in [-0.05, 0) is 36.4 Å². The Hall–Kier alpha value is -1.88. The van der Waals surface area contributed by atoms with Crippen LogP contribution in [0.3, 0.4) is 0 Å². The second-order valence-corrected chi connectivity index (χ2v) is 4.70. The molecule has 0 atom stereocenters. The van der Waals surface area contributed by atoms with E-state index in [2.05, 4.69) is 20.9 Å². The summed E-state index contributed by atoms with van der Waals surface area (Å²) >= 11 is 3.33. The molecule has 0 aliphatic rings. The largest absolute Gasteiger partial charge is 0.396 e. The Morgan fingerprint density at radius 2 is 1.94 bits per heavy atom. The van der Waals surface area contributed by atoms with Crippen molar-refractivity contribution in [1.29, 1.82) is 0 Å². The van der Waals surface area contributed by atoms with Gasteiger partial charge in [0.25, 0.3) is 5.91 Å². The van der Waals surface area contributed by atoms with Crippen molar-refractivity contribution in [3.8, 4) is 0 Å². The minimum absolute atomic E-state index is 0.145. The molecule has 2 rings (SSSR count). The van der Waals surface area contributed by atoms with Crippen molar-refractivity contribution < 1.29 is 4.79 Å². The number of nitrogen functional groups attached to an aromatic ring is 1. The van der Waals surface area contributed by atoms with Crippen LogP contribution in [0.2, 0.25) is 0 Å². The molecular formula is C13H12BrN3O. The van der Waals surface area contributed by atoms with Gasteiger partial charge >= 0.3 is 0 Å². The Kier molecular flexibility index (Phi) is 3.62. The van der Waals surface area contributed by atoms with Crippen LogP contribution in [0.25, 0.3) is 0 Å². The standard InChI is InChI=1S/C13H12BrN3O/c1-17(12-11(15)3-2-8-16-12)13(18)9-4-6-10(14)7-5-9/h2-8H,15H2,1H3. The number of hydrogen-bond acceptors (Lipinski definition) is 3. The smallest absolute Gasteiger partial charge is 0.259 e. The van der Waals surface area contributed by atoms with Crippen LogP contribution in [0, 0.1) is 0 Å². The van der Waals surface area contributed by atoms with Gasteiger partial charge in [-0.15, -0.1) is 0 Å². The molecule has 0 aliphatic carbocycles. The zero-order valence-electron chi connectivity index (χ0n) is 9.80.